The van der Waals surface area contributed by atoms with E-state index < -0.39 is 6.10 Å². The Balaban J connectivity index is 2.68. The summed E-state index contributed by atoms with van der Waals surface area (Å²) in [7, 11) is 0. The molecule has 0 aliphatic carbocycles. The van der Waals surface area contributed by atoms with Crippen molar-refractivity contribution in [1.29, 1.82) is 0 Å². The van der Waals surface area contributed by atoms with Crippen LogP contribution in [0.1, 0.15) is 18.2 Å². The van der Waals surface area contributed by atoms with E-state index in [0.29, 0.717) is 18.7 Å². The van der Waals surface area contributed by atoms with Crippen molar-refractivity contribution in [3.8, 4) is 0 Å². The van der Waals surface area contributed by atoms with Crippen LogP contribution in [0, 0.1) is 0 Å². The summed E-state index contributed by atoms with van der Waals surface area (Å²) in [5.74, 6) is 0. The lowest BCUT2D eigenvalue weighted by molar-refractivity contribution is 0.166. The number of nitrogens with two attached hydrogens (primary N) is 1. The topological polar surface area (TPSA) is 94.9 Å². The summed E-state index contributed by atoms with van der Waals surface area (Å²) in [6.45, 7) is 0.397. The number of nitrogens with one attached hydrogen (secondary N) is 2. The number of aliphatic hydroxyl groups excluding tert-OH is 1. The van der Waals surface area contributed by atoms with Gasteiger partial charge in [-0.3, -0.25) is 0 Å². The molecule has 0 aliphatic heterocycles. The molecule has 1 rings (SSSR count). The molecule has 5 nitrogen and oxygen atoms in total. The summed E-state index contributed by atoms with van der Waals surface area (Å²) in [6, 6.07) is 0. The van der Waals surface area contributed by atoms with Crippen molar-refractivity contribution >= 4 is 0 Å². The number of H-pyrrole nitrogens is 2. The lowest BCUT2D eigenvalue weighted by atomic mass is 10.2. The summed E-state index contributed by atoms with van der Waals surface area (Å²) in [5, 5.41) is 9.26. The molecule has 0 amide bonds. The van der Waals surface area contributed by atoms with Gasteiger partial charge < -0.3 is 20.8 Å². The first-order chi connectivity index (χ1) is 5.24. The van der Waals surface area contributed by atoms with Crippen LogP contribution in [0.25, 0.3) is 0 Å². The van der Waals surface area contributed by atoms with Gasteiger partial charge in [0.2, 0.25) is 0 Å². The highest BCUT2D eigenvalue weighted by atomic mass is 16.3. The Morgan fingerprint density at radius 2 is 2.45 bits per heavy atom. The van der Waals surface area contributed by atoms with Crippen LogP contribution in [0.3, 0.4) is 0 Å². The van der Waals surface area contributed by atoms with Crippen LogP contribution in [-0.4, -0.2) is 21.6 Å². The molecule has 0 bridgehead atoms. The second-order valence-corrected chi connectivity index (χ2v) is 2.29. The number of aromatic amines is 2. The van der Waals surface area contributed by atoms with Crippen LogP contribution in [0.15, 0.2) is 11.0 Å². The van der Waals surface area contributed by atoms with E-state index in [1.807, 2.05) is 0 Å². The van der Waals surface area contributed by atoms with Crippen molar-refractivity contribution in [2.45, 2.75) is 12.5 Å². The molecule has 5 heteroatoms. The number of aromatic nitrogens is 2. The highest BCUT2D eigenvalue weighted by molar-refractivity contribution is 4.98. The van der Waals surface area contributed by atoms with Gasteiger partial charge in [0, 0.05) is 6.20 Å². The van der Waals surface area contributed by atoms with Crippen molar-refractivity contribution in [2.24, 2.45) is 5.73 Å². The Hall–Kier alpha value is -1.07. The molecule has 62 valence electrons. The molecule has 0 spiro atoms. The van der Waals surface area contributed by atoms with Gasteiger partial charge in [0.05, 0.1) is 11.8 Å². The third-order valence-electron chi connectivity index (χ3n) is 1.42. The van der Waals surface area contributed by atoms with Crippen molar-refractivity contribution < 1.29 is 5.11 Å². The van der Waals surface area contributed by atoms with Gasteiger partial charge in [0.25, 0.3) is 0 Å². The van der Waals surface area contributed by atoms with Crippen LogP contribution in [0.5, 0.6) is 0 Å². The number of rotatable bonds is 3. The number of aliphatic hydroxyl groups is 1. The Bertz CT molecular complexity index is 265. The maximum Gasteiger partial charge on any atom is 0.323 e. The third kappa shape index (κ3) is 1.92. The standard InChI is InChI=1S/C6H11N3O2/c7-2-1-5(10)4-3-8-6(11)9-4/h3,5,10H,1-2,7H2,(H2,8,9,11). The van der Waals surface area contributed by atoms with Crippen molar-refractivity contribution in [1.82, 2.24) is 9.97 Å². The Labute approximate surface area is 63.3 Å². The van der Waals surface area contributed by atoms with Crippen LogP contribution >= 0.6 is 0 Å². The minimum Gasteiger partial charge on any atom is -0.387 e. The lowest BCUT2D eigenvalue weighted by Gasteiger charge is -2.04. The Morgan fingerprint density at radius 1 is 1.73 bits per heavy atom. The van der Waals surface area contributed by atoms with E-state index in [9.17, 15) is 9.90 Å². The number of hydrogen-bond donors (Lipinski definition) is 4. The molecule has 0 radical (unpaired) electrons. The predicted octanol–water partition coefficient (Wildman–Crippen LogP) is -0.915. The van der Waals surface area contributed by atoms with Gasteiger partial charge in [-0.15, -0.1) is 0 Å². The fourth-order valence-electron chi connectivity index (χ4n) is 0.839. The van der Waals surface area contributed by atoms with Crippen molar-refractivity contribution in [2.75, 3.05) is 6.54 Å². The van der Waals surface area contributed by atoms with Gasteiger partial charge in [-0.05, 0) is 13.0 Å². The van der Waals surface area contributed by atoms with Gasteiger partial charge in [-0.25, -0.2) is 4.79 Å². The van der Waals surface area contributed by atoms with Gasteiger partial charge in [-0.2, -0.15) is 0 Å². The van der Waals surface area contributed by atoms with E-state index in [4.69, 9.17) is 5.73 Å². The molecular formula is C6H11N3O2. The molecule has 1 aromatic heterocycles. The zero-order valence-corrected chi connectivity index (χ0v) is 6.00. The largest absolute Gasteiger partial charge is 0.387 e. The number of hydrogen-bond acceptors (Lipinski definition) is 3. The van der Waals surface area contributed by atoms with Crippen molar-refractivity contribution in [3.05, 3.63) is 22.4 Å². The fourth-order valence-corrected chi connectivity index (χ4v) is 0.839. The molecule has 11 heavy (non-hydrogen) atoms. The molecule has 0 fully saturated rings. The van der Waals surface area contributed by atoms with Gasteiger partial charge in [0.1, 0.15) is 0 Å². The van der Waals surface area contributed by atoms with E-state index in [-0.39, 0.29) is 5.69 Å². The SMILES string of the molecule is NCCC(O)c1c[nH]c(=O)[nH]1. The molecule has 0 saturated carbocycles. The zero-order chi connectivity index (χ0) is 8.27. The molecule has 1 unspecified atom stereocenters. The van der Waals surface area contributed by atoms with E-state index in [2.05, 4.69) is 9.97 Å². The fraction of sp³-hybridized carbons (Fsp3) is 0.500. The maximum absolute atomic E-state index is 10.5. The summed E-state index contributed by atoms with van der Waals surface area (Å²) in [5.41, 5.74) is 5.39. The van der Waals surface area contributed by atoms with Crippen LogP contribution in [0.4, 0.5) is 0 Å². The van der Waals surface area contributed by atoms with Crippen LogP contribution < -0.4 is 11.4 Å². The first-order valence-electron chi connectivity index (χ1n) is 3.39. The molecule has 1 atom stereocenters. The first-order valence-corrected chi connectivity index (χ1v) is 3.39. The minimum absolute atomic E-state index is 0.309. The monoisotopic (exact) mass is 157 g/mol. The van der Waals surface area contributed by atoms with E-state index in [0.717, 1.165) is 0 Å². The molecular weight excluding hydrogens is 146 g/mol. The highest BCUT2D eigenvalue weighted by Gasteiger charge is 2.07. The summed E-state index contributed by atoms with van der Waals surface area (Å²) in [4.78, 5) is 15.4. The summed E-state index contributed by atoms with van der Waals surface area (Å²) < 4.78 is 0. The number of imidazole rings is 1. The second-order valence-electron chi connectivity index (χ2n) is 2.29. The molecule has 0 aromatic carbocycles. The molecule has 0 saturated heterocycles. The molecule has 1 heterocycles. The third-order valence-corrected chi connectivity index (χ3v) is 1.42. The molecule has 1 aromatic rings. The van der Waals surface area contributed by atoms with Crippen molar-refractivity contribution in [3.63, 3.8) is 0 Å². The van der Waals surface area contributed by atoms with Crippen LogP contribution in [-0.2, 0) is 0 Å². The second kappa shape index (κ2) is 3.36. The lowest BCUT2D eigenvalue weighted by Crippen LogP contribution is -2.08. The van der Waals surface area contributed by atoms with E-state index >= 15 is 0 Å². The maximum atomic E-state index is 10.5. The highest BCUT2D eigenvalue weighted by Crippen LogP contribution is 2.09. The molecule has 0 aliphatic rings. The summed E-state index contributed by atoms with van der Waals surface area (Å²) in [6.07, 6.45) is 1.23. The zero-order valence-electron chi connectivity index (χ0n) is 6.00. The average Bonchev–Trinajstić information content (AvgIpc) is 2.36. The quantitative estimate of drug-likeness (QED) is 0.457. The Kier molecular flexibility index (Phi) is 2.45. The first kappa shape index (κ1) is 8.03. The van der Waals surface area contributed by atoms with Gasteiger partial charge in [0.15, 0.2) is 0 Å². The van der Waals surface area contributed by atoms with Crippen LogP contribution in [0.2, 0.25) is 0 Å². The smallest absolute Gasteiger partial charge is 0.323 e. The minimum atomic E-state index is -0.668. The summed E-state index contributed by atoms with van der Waals surface area (Å²) >= 11 is 0. The normalized spacial score (nSPS) is 13.3. The predicted molar refractivity (Wildman–Crippen MR) is 40.0 cm³/mol. The molecule has 5 N–H and O–H groups in total. The Morgan fingerprint density at radius 3 is 2.91 bits per heavy atom. The van der Waals surface area contributed by atoms with Gasteiger partial charge >= 0.3 is 5.69 Å². The van der Waals surface area contributed by atoms with E-state index in [1.54, 1.807) is 0 Å². The van der Waals surface area contributed by atoms with Gasteiger partial charge in [-0.1, -0.05) is 0 Å². The van der Waals surface area contributed by atoms with E-state index in [1.165, 1.54) is 6.20 Å². The average molecular weight is 157 g/mol.